The second-order valence-electron chi connectivity index (χ2n) is 3.82. The third kappa shape index (κ3) is 1.51. The topological polar surface area (TPSA) is 35.8 Å². The summed E-state index contributed by atoms with van der Waals surface area (Å²) in [5.74, 6) is 0.600. The highest BCUT2D eigenvalue weighted by Gasteiger charge is 2.18. The van der Waals surface area contributed by atoms with Gasteiger partial charge in [0.05, 0.1) is 11.6 Å². The molecule has 0 radical (unpaired) electrons. The highest BCUT2D eigenvalue weighted by Crippen LogP contribution is 2.26. The first-order chi connectivity index (χ1) is 6.83. The minimum absolute atomic E-state index is 0.600. The lowest BCUT2D eigenvalue weighted by Gasteiger charge is -2.12. The molecule has 0 bridgehead atoms. The third-order valence-electron chi connectivity index (χ3n) is 3.00. The number of hydrogen-bond acceptors (Lipinski definition) is 2. The largest absolute Gasteiger partial charge is 0.316 e. The average molecular weight is 186 g/mol. The Morgan fingerprint density at radius 1 is 1.50 bits per heavy atom. The van der Waals surface area contributed by atoms with Gasteiger partial charge in [0, 0.05) is 6.54 Å². The third-order valence-corrected chi connectivity index (χ3v) is 3.00. The smallest absolute Gasteiger partial charge is 0.0994 e. The van der Waals surface area contributed by atoms with Gasteiger partial charge in [0.25, 0.3) is 0 Å². The van der Waals surface area contributed by atoms with Crippen LogP contribution >= 0.6 is 0 Å². The highest BCUT2D eigenvalue weighted by atomic mass is 14.9. The summed E-state index contributed by atoms with van der Waals surface area (Å²) in [4.78, 5) is 0. The molecule has 1 aromatic rings. The number of rotatable bonds is 1. The summed E-state index contributed by atoms with van der Waals surface area (Å²) in [6.45, 7) is 4.20. The summed E-state index contributed by atoms with van der Waals surface area (Å²) in [5, 5.41) is 12.3. The highest BCUT2D eigenvalue weighted by molar-refractivity contribution is 5.43. The van der Waals surface area contributed by atoms with Crippen molar-refractivity contribution in [1.82, 2.24) is 5.32 Å². The lowest BCUT2D eigenvalue weighted by atomic mass is 9.92. The van der Waals surface area contributed by atoms with E-state index >= 15 is 0 Å². The molecule has 0 unspecified atom stereocenters. The van der Waals surface area contributed by atoms with E-state index in [2.05, 4.69) is 17.5 Å². The summed E-state index contributed by atoms with van der Waals surface area (Å²) in [6, 6.07) is 8.26. The van der Waals surface area contributed by atoms with Crippen LogP contribution in [0.2, 0.25) is 0 Å². The maximum Gasteiger partial charge on any atom is 0.0994 e. The molecule has 0 aliphatic carbocycles. The predicted molar refractivity (Wildman–Crippen MR) is 56.1 cm³/mol. The predicted octanol–water partition coefficient (Wildman–Crippen LogP) is 1.94. The lowest BCUT2D eigenvalue weighted by molar-refractivity contribution is 0.757. The van der Waals surface area contributed by atoms with Crippen LogP contribution in [-0.4, -0.2) is 13.1 Å². The zero-order chi connectivity index (χ0) is 9.97. The minimum atomic E-state index is 0.600. The lowest BCUT2D eigenvalue weighted by Crippen LogP contribution is -2.09. The molecule has 1 heterocycles. The van der Waals surface area contributed by atoms with Gasteiger partial charge in [-0.2, -0.15) is 5.26 Å². The van der Waals surface area contributed by atoms with Gasteiger partial charge in [0.1, 0.15) is 0 Å². The van der Waals surface area contributed by atoms with Crippen LogP contribution in [0, 0.1) is 18.3 Å². The number of nitrogens with zero attached hydrogens (tertiary/aromatic N) is 1. The van der Waals surface area contributed by atoms with Crippen molar-refractivity contribution in [2.75, 3.05) is 13.1 Å². The summed E-state index contributed by atoms with van der Waals surface area (Å²) < 4.78 is 0. The first-order valence-electron chi connectivity index (χ1n) is 5.03. The first-order valence-corrected chi connectivity index (χ1v) is 5.03. The molecule has 2 nitrogen and oxygen atoms in total. The zero-order valence-electron chi connectivity index (χ0n) is 8.38. The van der Waals surface area contributed by atoms with Gasteiger partial charge in [-0.3, -0.25) is 0 Å². The number of nitrogens with one attached hydrogen (secondary N) is 1. The van der Waals surface area contributed by atoms with Crippen molar-refractivity contribution >= 4 is 0 Å². The van der Waals surface area contributed by atoms with Gasteiger partial charge >= 0.3 is 0 Å². The van der Waals surface area contributed by atoms with E-state index in [0.717, 1.165) is 24.2 Å². The summed E-state index contributed by atoms with van der Waals surface area (Å²) in [7, 11) is 0. The Bertz CT molecular complexity index is 370. The van der Waals surface area contributed by atoms with Crippen molar-refractivity contribution in [3.8, 4) is 6.07 Å². The van der Waals surface area contributed by atoms with Crippen molar-refractivity contribution in [1.29, 1.82) is 5.26 Å². The molecule has 1 atom stereocenters. The van der Waals surface area contributed by atoms with Crippen molar-refractivity contribution in [2.45, 2.75) is 19.3 Å². The normalized spacial score (nSPS) is 20.7. The Morgan fingerprint density at radius 2 is 2.36 bits per heavy atom. The number of nitriles is 1. The molecule has 0 spiro atoms. The molecular formula is C12H14N2. The Hall–Kier alpha value is -1.33. The van der Waals surface area contributed by atoms with E-state index < -0.39 is 0 Å². The Balaban J connectivity index is 2.38. The van der Waals surface area contributed by atoms with Gasteiger partial charge in [0.2, 0.25) is 0 Å². The molecule has 1 aromatic carbocycles. The van der Waals surface area contributed by atoms with Gasteiger partial charge in [-0.1, -0.05) is 12.1 Å². The maximum atomic E-state index is 8.92. The van der Waals surface area contributed by atoms with Crippen molar-refractivity contribution in [2.24, 2.45) is 0 Å². The molecule has 0 aromatic heterocycles. The monoisotopic (exact) mass is 186 g/mol. The van der Waals surface area contributed by atoms with Crippen LogP contribution < -0.4 is 5.32 Å². The van der Waals surface area contributed by atoms with E-state index in [1.165, 1.54) is 12.0 Å². The Labute approximate surface area is 84.6 Å². The fourth-order valence-corrected chi connectivity index (χ4v) is 2.14. The molecule has 1 saturated heterocycles. The SMILES string of the molecule is Cc1c(C#N)cccc1[C@H]1CCNC1. The van der Waals surface area contributed by atoms with E-state index in [4.69, 9.17) is 5.26 Å². The van der Waals surface area contributed by atoms with Crippen molar-refractivity contribution in [3.63, 3.8) is 0 Å². The summed E-state index contributed by atoms with van der Waals surface area (Å²) in [6.07, 6.45) is 1.19. The van der Waals surface area contributed by atoms with Crippen molar-refractivity contribution < 1.29 is 0 Å². The van der Waals surface area contributed by atoms with Crippen LogP contribution in [0.3, 0.4) is 0 Å². The van der Waals surface area contributed by atoms with Gasteiger partial charge < -0.3 is 5.32 Å². The summed E-state index contributed by atoms with van der Waals surface area (Å²) in [5.41, 5.74) is 3.31. The second-order valence-corrected chi connectivity index (χ2v) is 3.82. The van der Waals surface area contributed by atoms with Crippen LogP contribution in [0.15, 0.2) is 18.2 Å². The fraction of sp³-hybridized carbons (Fsp3) is 0.417. The van der Waals surface area contributed by atoms with Crippen LogP contribution in [0.5, 0.6) is 0 Å². The molecule has 0 amide bonds. The van der Waals surface area contributed by atoms with Crippen molar-refractivity contribution in [3.05, 3.63) is 34.9 Å². The molecule has 0 saturated carbocycles. The first kappa shape index (κ1) is 9.23. The van der Waals surface area contributed by atoms with Gasteiger partial charge in [0.15, 0.2) is 0 Å². The summed E-state index contributed by atoms with van der Waals surface area (Å²) >= 11 is 0. The van der Waals surface area contributed by atoms with E-state index in [-0.39, 0.29) is 0 Å². The number of benzene rings is 1. The molecule has 1 aliphatic heterocycles. The Kier molecular flexibility index (Phi) is 2.51. The van der Waals surface area contributed by atoms with Gasteiger partial charge in [-0.15, -0.1) is 0 Å². The van der Waals surface area contributed by atoms with E-state index in [1.54, 1.807) is 0 Å². The van der Waals surface area contributed by atoms with Crippen LogP contribution in [0.1, 0.15) is 29.0 Å². The van der Waals surface area contributed by atoms with Crippen LogP contribution in [-0.2, 0) is 0 Å². The molecule has 2 heteroatoms. The average Bonchev–Trinajstić information content (AvgIpc) is 2.71. The molecule has 72 valence electrons. The second kappa shape index (κ2) is 3.81. The standard InChI is InChI=1S/C12H14N2/c1-9-10(7-13)3-2-4-12(9)11-5-6-14-8-11/h2-4,11,14H,5-6,8H2,1H3/t11-/m0/s1. The molecule has 1 aliphatic rings. The fourth-order valence-electron chi connectivity index (χ4n) is 2.14. The van der Waals surface area contributed by atoms with Crippen LogP contribution in [0.4, 0.5) is 0 Å². The van der Waals surface area contributed by atoms with E-state index in [1.807, 2.05) is 19.1 Å². The molecule has 1 N–H and O–H groups in total. The number of hydrogen-bond donors (Lipinski definition) is 1. The quantitative estimate of drug-likeness (QED) is 0.727. The maximum absolute atomic E-state index is 8.92. The van der Waals surface area contributed by atoms with Gasteiger partial charge in [-0.05, 0) is 43.0 Å². The van der Waals surface area contributed by atoms with E-state index in [0.29, 0.717) is 5.92 Å². The molecular weight excluding hydrogens is 172 g/mol. The zero-order valence-corrected chi connectivity index (χ0v) is 8.38. The van der Waals surface area contributed by atoms with Crippen LogP contribution in [0.25, 0.3) is 0 Å². The molecule has 1 fully saturated rings. The van der Waals surface area contributed by atoms with E-state index in [9.17, 15) is 0 Å². The molecule has 14 heavy (non-hydrogen) atoms. The Morgan fingerprint density at radius 3 is 3.00 bits per heavy atom. The molecule has 2 rings (SSSR count). The van der Waals surface area contributed by atoms with Gasteiger partial charge in [-0.25, -0.2) is 0 Å². The minimum Gasteiger partial charge on any atom is -0.316 e.